The van der Waals surface area contributed by atoms with Crippen LogP contribution in [0.25, 0.3) is 4.96 Å². The first-order valence-corrected chi connectivity index (χ1v) is 5.84. The van der Waals surface area contributed by atoms with E-state index in [0.29, 0.717) is 6.54 Å². The summed E-state index contributed by atoms with van der Waals surface area (Å²) in [4.78, 5) is 16.0. The molecule has 0 spiro atoms. The van der Waals surface area contributed by atoms with Crippen LogP contribution in [0.2, 0.25) is 0 Å². The SMILES string of the molecule is Cc1nc2sccn2c1CNC(C)C(=O)O. The number of nitrogens with zero attached hydrogens (tertiary/aromatic N) is 2. The predicted octanol–water partition coefficient (Wildman–Crippen LogP) is 1.27. The summed E-state index contributed by atoms with van der Waals surface area (Å²) in [6.07, 6.45) is 1.95. The summed E-state index contributed by atoms with van der Waals surface area (Å²) < 4.78 is 1.99. The summed E-state index contributed by atoms with van der Waals surface area (Å²) in [7, 11) is 0. The van der Waals surface area contributed by atoms with E-state index in [2.05, 4.69) is 10.3 Å². The van der Waals surface area contributed by atoms with E-state index in [4.69, 9.17) is 5.11 Å². The van der Waals surface area contributed by atoms with Crippen molar-refractivity contribution < 1.29 is 9.90 Å². The van der Waals surface area contributed by atoms with Crippen LogP contribution in [0.4, 0.5) is 0 Å². The van der Waals surface area contributed by atoms with Gasteiger partial charge in [-0.05, 0) is 13.8 Å². The number of carbonyl (C=O) groups is 1. The molecule has 0 aliphatic rings. The number of thiazole rings is 1. The Bertz CT molecular complexity index is 517. The first-order chi connectivity index (χ1) is 7.59. The van der Waals surface area contributed by atoms with Gasteiger partial charge in [0.1, 0.15) is 6.04 Å². The molecular weight excluding hydrogens is 226 g/mol. The normalized spacial score (nSPS) is 13.1. The quantitative estimate of drug-likeness (QED) is 0.843. The molecule has 1 atom stereocenters. The fourth-order valence-electron chi connectivity index (χ4n) is 1.49. The van der Waals surface area contributed by atoms with E-state index in [9.17, 15) is 4.79 Å². The number of aromatic nitrogens is 2. The number of carboxylic acid groups (broad SMARTS) is 1. The van der Waals surface area contributed by atoms with Gasteiger partial charge < -0.3 is 5.11 Å². The van der Waals surface area contributed by atoms with Crippen LogP contribution in [0, 0.1) is 6.92 Å². The minimum absolute atomic E-state index is 0.511. The first kappa shape index (κ1) is 11.1. The van der Waals surface area contributed by atoms with Crippen molar-refractivity contribution in [2.24, 2.45) is 0 Å². The van der Waals surface area contributed by atoms with E-state index in [1.165, 1.54) is 0 Å². The number of fused-ring (bicyclic) bond motifs is 1. The Labute approximate surface area is 96.7 Å². The molecule has 1 unspecified atom stereocenters. The third-order valence-corrected chi connectivity index (χ3v) is 3.26. The smallest absolute Gasteiger partial charge is 0.320 e. The number of nitrogens with one attached hydrogen (secondary N) is 1. The van der Waals surface area contributed by atoms with Crippen LogP contribution < -0.4 is 5.32 Å². The molecule has 5 nitrogen and oxygen atoms in total. The number of hydrogen-bond acceptors (Lipinski definition) is 4. The minimum Gasteiger partial charge on any atom is -0.480 e. The van der Waals surface area contributed by atoms with Crippen molar-refractivity contribution in [1.29, 1.82) is 0 Å². The lowest BCUT2D eigenvalue weighted by molar-refractivity contribution is -0.139. The average Bonchev–Trinajstić information content (AvgIpc) is 2.75. The highest BCUT2D eigenvalue weighted by Gasteiger charge is 2.13. The molecule has 2 N–H and O–H groups in total. The van der Waals surface area contributed by atoms with Gasteiger partial charge in [-0.3, -0.25) is 14.5 Å². The molecule has 0 amide bonds. The maximum atomic E-state index is 10.7. The Kier molecular flexibility index (Phi) is 2.93. The van der Waals surface area contributed by atoms with Crippen molar-refractivity contribution >= 4 is 22.3 Å². The van der Waals surface area contributed by atoms with Gasteiger partial charge in [0.15, 0.2) is 4.96 Å². The molecule has 0 saturated carbocycles. The molecule has 2 heterocycles. The van der Waals surface area contributed by atoms with Gasteiger partial charge in [-0.2, -0.15) is 0 Å². The largest absolute Gasteiger partial charge is 0.480 e. The number of hydrogen-bond donors (Lipinski definition) is 2. The third-order valence-electron chi connectivity index (χ3n) is 2.51. The summed E-state index contributed by atoms with van der Waals surface area (Å²) >= 11 is 1.57. The van der Waals surface area contributed by atoms with Crippen LogP contribution >= 0.6 is 11.3 Å². The van der Waals surface area contributed by atoms with Crippen molar-refractivity contribution in [3.63, 3.8) is 0 Å². The van der Waals surface area contributed by atoms with Crippen molar-refractivity contribution in [2.45, 2.75) is 26.4 Å². The lowest BCUT2D eigenvalue weighted by Gasteiger charge is -2.08. The Morgan fingerprint density at radius 2 is 2.50 bits per heavy atom. The molecule has 0 radical (unpaired) electrons. The summed E-state index contributed by atoms with van der Waals surface area (Å²) in [5.74, 6) is -0.844. The van der Waals surface area contributed by atoms with E-state index in [0.717, 1.165) is 16.3 Å². The van der Waals surface area contributed by atoms with Gasteiger partial charge in [-0.25, -0.2) is 4.98 Å². The van der Waals surface area contributed by atoms with E-state index >= 15 is 0 Å². The second kappa shape index (κ2) is 4.23. The molecule has 0 aliphatic heterocycles. The summed E-state index contributed by atoms with van der Waals surface area (Å²) in [6.45, 7) is 4.07. The van der Waals surface area contributed by atoms with Crippen LogP contribution in [-0.4, -0.2) is 26.5 Å². The Balaban J connectivity index is 2.17. The molecule has 0 fully saturated rings. The zero-order valence-electron chi connectivity index (χ0n) is 9.10. The number of imidazole rings is 1. The number of aryl methyl sites for hydroxylation is 1. The second-order valence-corrected chi connectivity index (χ2v) is 4.51. The second-order valence-electron chi connectivity index (χ2n) is 3.64. The molecule has 86 valence electrons. The summed E-state index contributed by atoms with van der Waals surface area (Å²) in [5.41, 5.74) is 1.96. The Morgan fingerprint density at radius 3 is 3.19 bits per heavy atom. The molecule has 2 aromatic rings. The molecule has 0 aliphatic carbocycles. The fourth-order valence-corrected chi connectivity index (χ4v) is 2.27. The van der Waals surface area contributed by atoms with Crippen LogP contribution in [-0.2, 0) is 11.3 Å². The molecule has 0 aromatic carbocycles. The molecule has 6 heteroatoms. The van der Waals surface area contributed by atoms with Crippen LogP contribution in [0.1, 0.15) is 18.3 Å². The van der Waals surface area contributed by atoms with Gasteiger partial charge in [-0.15, -0.1) is 11.3 Å². The first-order valence-electron chi connectivity index (χ1n) is 4.97. The lowest BCUT2D eigenvalue weighted by Crippen LogP contribution is -2.33. The highest BCUT2D eigenvalue weighted by Crippen LogP contribution is 2.16. The van der Waals surface area contributed by atoms with Gasteiger partial charge in [0.25, 0.3) is 0 Å². The number of carboxylic acids is 1. The van der Waals surface area contributed by atoms with E-state index < -0.39 is 12.0 Å². The number of aliphatic carboxylic acids is 1. The van der Waals surface area contributed by atoms with Gasteiger partial charge >= 0.3 is 5.97 Å². The average molecular weight is 239 g/mol. The minimum atomic E-state index is -0.844. The molecule has 16 heavy (non-hydrogen) atoms. The van der Waals surface area contributed by atoms with E-state index in [1.54, 1.807) is 18.3 Å². The molecular formula is C10H13N3O2S. The maximum absolute atomic E-state index is 10.7. The maximum Gasteiger partial charge on any atom is 0.320 e. The zero-order valence-corrected chi connectivity index (χ0v) is 9.91. The summed E-state index contributed by atoms with van der Waals surface area (Å²) in [5, 5.41) is 13.7. The van der Waals surface area contributed by atoms with Gasteiger partial charge in [0.05, 0.1) is 11.4 Å². The predicted molar refractivity (Wildman–Crippen MR) is 61.7 cm³/mol. The van der Waals surface area contributed by atoms with Crippen molar-refractivity contribution in [1.82, 2.24) is 14.7 Å². The van der Waals surface area contributed by atoms with Gasteiger partial charge in [0, 0.05) is 18.1 Å². The van der Waals surface area contributed by atoms with Crippen molar-refractivity contribution in [3.8, 4) is 0 Å². The van der Waals surface area contributed by atoms with Gasteiger partial charge in [-0.1, -0.05) is 0 Å². The number of rotatable bonds is 4. The fraction of sp³-hybridized carbons (Fsp3) is 0.400. The zero-order chi connectivity index (χ0) is 11.7. The molecule has 2 aromatic heterocycles. The lowest BCUT2D eigenvalue weighted by atomic mass is 10.3. The third kappa shape index (κ3) is 1.94. The van der Waals surface area contributed by atoms with Crippen LogP contribution in [0.5, 0.6) is 0 Å². The topological polar surface area (TPSA) is 66.6 Å². The highest BCUT2D eigenvalue weighted by molar-refractivity contribution is 7.15. The van der Waals surface area contributed by atoms with Crippen molar-refractivity contribution in [2.75, 3.05) is 0 Å². The van der Waals surface area contributed by atoms with Crippen LogP contribution in [0.15, 0.2) is 11.6 Å². The Morgan fingerprint density at radius 1 is 1.75 bits per heavy atom. The summed E-state index contributed by atoms with van der Waals surface area (Å²) in [6, 6.07) is -0.552. The van der Waals surface area contributed by atoms with E-state index in [-0.39, 0.29) is 0 Å². The van der Waals surface area contributed by atoms with Gasteiger partial charge in [0.2, 0.25) is 0 Å². The van der Waals surface area contributed by atoms with E-state index in [1.807, 2.05) is 22.9 Å². The molecule has 0 bridgehead atoms. The monoisotopic (exact) mass is 239 g/mol. The standard InChI is InChI=1S/C10H13N3O2S/c1-6-8(5-11-7(2)9(14)15)13-3-4-16-10(13)12-6/h3-4,7,11H,5H2,1-2H3,(H,14,15). The molecule has 0 saturated heterocycles. The van der Waals surface area contributed by atoms with Crippen LogP contribution in [0.3, 0.4) is 0 Å². The highest BCUT2D eigenvalue weighted by atomic mass is 32.1. The molecule has 2 rings (SSSR count). The van der Waals surface area contributed by atoms with Crippen molar-refractivity contribution in [3.05, 3.63) is 23.0 Å². The Hall–Kier alpha value is -1.40.